The lowest BCUT2D eigenvalue weighted by atomic mass is 9.83. The Kier molecular flexibility index (Phi) is 10.7. The molecule has 1 unspecified atom stereocenters. The van der Waals surface area contributed by atoms with Crippen LogP contribution in [-0.2, 0) is 27.4 Å². The largest absolute Gasteiger partial charge is 0.480 e. The number of carbonyl (C=O) groups excluding carboxylic acids is 2. The Morgan fingerprint density at radius 3 is 2.10 bits per heavy atom. The number of urea groups is 1. The minimum Gasteiger partial charge on any atom is -0.480 e. The van der Waals surface area contributed by atoms with Gasteiger partial charge in [0.05, 0.1) is 6.42 Å². The maximum atomic E-state index is 13.6. The molecule has 0 saturated carbocycles. The second kappa shape index (κ2) is 14.8. The van der Waals surface area contributed by atoms with Gasteiger partial charge in [0.1, 0.15) is 12.6 Å². The predicted molar refractivity (Wildman–Crippen MR) is 164 cm³/mol. The molecular weight excluding hydrogens is 528 g/mol. The van der Waals surface area contributed by atoms with Gasteiger partial charge in [0.25, 0.3) is 0 Å². The summed E-state index contributed by atoms with van der Waals surface area (Å²) in [4.78, 5) is 40.4. The lowest BCUT2D eigenvalue weighted by Gasteiger charge is -2.30. The second-order valence-electron chi connectivity index (χ2n) is 10.9. The molecule has 7 heteroatoms. The fourth-order valence-electron chi connectivity index (χ4n) is 5.16. The Morgan fingerprint density at radius 2 is 1.43 bits per heavy atom. The highest BCUT2D eigenvalue weighted by atomic mass is 16.5. The summed E-state index contributed by atoms with van der Waals surface area (Å²) in [5, 5.41) is 15.2. The molecule has 42 heavy (non-hydrogen) atoms. The maximum Gasteiger partial charge on any atom is 0.326 e. The van der Waals surface area contributed by atoms with E-state index in [1.807, 2.05) is 117 Å². The maximum absolute atomic E-state index is 13.6. The molecule has 0 saturated heterocycles. The van der Waals surface area contributed by atoms with E-state index in [1.54, 1.807) is 0 Å². The van der Waals surface area contributed by atoms with Crippen LogP contribution >= 0.6 is 0 Å². The second-order valence-corrected chi connectivity index (χ2v) is 10.9. The Labute approximate surface area is 247 Å². The van der Waals surface area contributed by atoms with Crippen LogP contribution in [0.5, 0.6) is 0 Å². The molecule has 2 amide bonds. The predicted octanol–water partition coefficient (Wildman–Crippen LogP) is 6.42. The topological polar surface area (TPSA) is 95.9 Å². The number of carboxylic acids is 1. The molecule has 0 aromatic heterocycles. The molecule has 0 aliphatic carbocycles. The molecule has 0 bridgehead atoms. The number of rotatable bonds is 13. The zero-order chi connectivity index (χ0) is 29.9. The fraction of sp³-hybridized carbons (Fsp3) is 0.286. The van der Waals surface area contributed by atoms with Crippen molar-refractivity contribution in [2.24, 2.45) is 5.92 Å². The van der Waals surface area contributed by atoms with Crippen LogP contribution in [-0.4, -0.2) is 47.1 Å². The quantitative estimate of drug-likeness (QED) is 0.182. The summed E-state index contributed by atoms with van der Waals surface area (Å²) in [6, 6.07) is 31.1. The van der Waals surface area contributed by atoms with Crippen molar-refractivity contribution in [1.29, 1.82) is 0 Å². The van der Waals surface area contributed by atoms with Crippen LogP contribution in [0.3, 0.4) is 0 Å². The van der Waals surface area contributed by atoms with Crippen LogP contribution in [0, 0.1) is 5.92 Å². The van der Waals surface area contributed by atoms with Crippen LogP contribution in [0.15, 0.2) is 103 Å². The fourth-order valence-corrected chi connectivity index (χ4v) is 5.16. The average molecular weight is 567 g/mol. The van der Waals surface area contributed by atoms with Gasteiger partial charge in [0.2, 0.25) is 0 Å². The van der Waals surface area contributed by atoms with Crippen molar-refractivity contribution in [3.05, 3.63) is 120 Å². The molecule has 2 atom stereocenters. The molecule has 4 rings (SSSR count). The smallest absolute Gasteiger partial charge is 0.326 e. The van der Waals surface area contributed by atoms with Gasteiger partial charge in [-0.05, 0) is 39.8 Å². The summed E-state index contributed by atoms with van der Waals surface area (Å²) in [6.07, 6.45) is 0.420. The van der Waals surface area contributed by atoms with Gasteiger partial charge in [-0.25, -0.2) is 9.59 Å². The number of nitrogens with zero attached hydrogens (tertiary/aromatic N) is 1. The number of hydrogen-bond acceptors (Lipinski definition) is 4. The summed E-state index contributed by atoms with van der Waals surface area (Å²) in [5.41, 5.74) is 2.70. The van der Waals surface area contributed by atoms with Gasteiger partial charge in [0, 0.05) is 19.0 Å². The number of fused-ring (bicyclic) bond motifs is 1. The minimum atomic E-state index is -1.21. The lowest BCUT2D eigenvalue weighted by molar-refractivity contribution is -0.145. The number of amides is 2. The molecule has 0 radical (unpaired) electrons. The van der Waals surface area contributed by atoms with E-state index in [-0.39, 0.29) is 25.5 Å². The highest BCUT2D eigenvalue weighted by molar-refractivity contribution is 5.89. The Balaban J connectivity index is 1.55. The lowest BCUT2D eigenvalue weighted by Crippen LogP contribution is -2.52. The van der Waals surface area contributed by atoms with E-state index in [1.165, 1.54) is 4.90 Å². The number of nitrogens with one attached hydrogen (secondary N) is 1. The average Bonchev–Trinajstić information content (AvgIpc) is 3.00. The van der Waals surface area contributed by atoms with Gasteiger partial charge in [-0.15, -0.1) is 0 Å². The normalized spacial score (nSPS) is 12.5. The van der Waals surface area contributed by atoms with Crippen molar-refractivity contribution in [2.45, 2.75) is 45.3 Å². The molecule has 0 aliphatic rings. The summed E-state index contributed by atoms with van der Waals surface area (Å²) in [5.74, 6) is -1.98. The Bertz CT molecular complexity index is 1470. The van der Waals surface area contributed by atoms with E-state index in [0.717, 1.165) is 27.5 Å². The third kappa shape index (κ3) is 8.43. The first-order valence-corrected chi connectivity index (χ1v) is 14.3. The number of carbonyl (C=O) groups is 3. The van der Waals surface area contributed by atoms with E-state index >= 15 is 0 Å². The standard InChI is InChI=1S/C35H38N2O5/c1-25(2)23-37(21-20-32(38)42-24-27-14-7-4-8-15-27)35(41)36-33(34(39)40)31(22-26-12-5-3-6-13-26)30-19-11-17-28-16-9-10-18-29(28)30/h3-19,25,31,33H,20-24H2,1-2H3,(H,36,41)(H,39,40)/t31?,33-/m0/s1. The number of esters is 1. The van der Waals surface area contributed by atoms with Crippen molar-refractivity contribution < 1.29 is 24.2 Å². The van der Waals surface area contributed by atoms with Gasteiger partial charge < -0.3 is 20.1 Å². The highest BCUT2D eigenvalue weighted by Crippen LogP contribution is 2.31. The first-order valence-electron chi connectivity index (χ1n) is 14.3. The minimum absolute atomic E-state index is 0.00147. The number of hydrogen-bond donors (Lipinski definition) is 2. The van der Waals surface area contributed by atoms with Gasteiger partial charge in [-0.2, -0.15) is 0 Å². The summed E-state index contributed by atoms with van der Waals surface area (Å²) >= 11 is 0. The number of ether oxygens (including phenoxy) is 1. The molecule has 4 aromatic carbocycles. The van der Waals surface area contributed by atoms with Crippen molar-refractivity contribution in [2.75, 3.05) is 13.1 Å². The first kappa shape index (κ1) is 30.3. The van der Waals surface area contributed by atoms with Crippen molar-refractivity contribution in [1.82, 2.24) is 10.2 Å². The zero-order valence-electron chi connectivity index (χ0n) is 24.1. The molecule has 0 fully saturated rings. The van der Waals surface area contributed by atoms with Gasteiger partial charge in [-0.3, -0.25) is 4.79 Å². The third-order valence-electron chi connectivity index (χ3n) is 7.17. The number of carboxylic acid groups (broad SMARTS) is 1. The summed E-state index contributed by atoms with van der Waals surface area (Å²) < 4.78 is 5.39. The Morgan fingerprint density at radius 1 is 0.810 bits per heavy atom. The molecule has 2 N–H and O–H groups in total. The molecule has 218 valence electrons. The number of aliphatic carboxylic acids is 1. The van der Waals surface area contributed by atoms with E-state index < -0.39 is 29.9 Å². The van der Waals surface area contributed by atoms with Crippen LogP contribution in [0.2, 0.25) is 0 Å². The molecule has 0 heterocycles. The van der Waals surface area contributed by atoms with Crippen molar-refractivity contribution >= 4 is 28.7 Å². The zero-order valence-corrected chi connectivity index (χ0v) is 24.1. The van der Waals surface area contributed by atoms with E-state index in [4.69, 9.17) is 4.74 Å². The van der Waals surface area contributed by atoms with Gasteiger partial charge in [-0.1, -0.05) is 117 Å². The third-order valence-corrected chi connectivity index (χ3v) is 7.17. The van der Waals surface area contributed by atoms with Crippen molar-refractivity contribution in [3.8, 4) is 0 Å². The van der Waals surface area contributed by atoms with Gasteiger partial charge >= 0.3 is 18.0 Å². The molecule has 7 nitrogen and oxygen atoms in total. The highest BCUT2D eigenvalue weighted by Gasteiger charge is 2.33. The van der Waals surface area contributed by atoms with E-state index in [0.29, 0.717) is 13.0 Å². The Hall–Kier alpha value is -4.65. The van der Waals surface area contributed by atoms with Crippen LogP contribution in [0.1, 0.15) is 42.9 Å². The first-order chi connectivity index (χ1) is 20.3. The summed E-state index contributed by atoms with van der Waals surface area (Å²) in [6.45, 7) is 4.57. The van der Waals surface area contributed by atoms with E-state index in [9.17, 15) is 19.5 Å². The monoisotopic (exact) mass is 566 g/mol. The number of benzene rings is 4. The van der Waals surface area contributed by atoms with Crippen molar-refractivity contribution in [3.63, 3.8) is 0 Å². The van der Waals surface area contributed by atoms with Gasteiger partial charge in [0.15, 0.2) is 0 Å². The van der Waals surface area contributed by atoms with Crippen LogP contribution < -0.4 is 5.32 Å². The molecule has 4 aromatic rings. The van der Waals surface area contributed by atoms with Crippen LogP contribution in [0.4, 0.5) is 4.79 Å². The SMILES string of the molecule is CC(C)CN(CCC(=O)OCc1ccccc1)C(=O)N[C@H](C(=O)O)C(Cc1ccccc1)c1cccc2ccccc12. The summed E-state index contributed by atoms with van der Waals surface area (Å²) in [7, 11) is 0. The molecule has 0 aliphatic heterocycles. The molecule has 0 spiro atoms. The van der Waals surface area contributed by atoms with E-state index in [2.05, 4.69) is 5.32 Å². The molecular formula is C35H38N2O5. The van der Waals surface area contributed by atoms with Crippen LogP contribution in [0.25, 0.3) is 10.8 Å².